The van der Waals surface area contributed by atoms with Crippen LogP contribution in [-0.2, 0) is 9.59 Å². The molecule has 24 heavy (non-hydrogen) atoms. The monoisotopic (exact) mass is 322 g/mol. The predicted molar refractivity (Wildman–Crippen MR) is 88.3 cm³/mol. The third-order valence-electron chi connectivity index (χ3n) is 5.68. The maximum atomic E-state index is 12.9. The number of carboxylic acids is 1. The van der Waals surface area contributed by atoms with Crippen LogP contribution in [0.2, 0.25) is 0 Å². The van der Waals surface area contributed by atoms with Crippen molar-refractivity contribution >= 4 is 17.4 Å². The van der Waals surface area contributed by atoms with Crippen LogP contribution in [0.25, 0.3) is 5.57 Å². The van der Waals surface area contributed by atoms with E-state index in [1.807, 2.05) is 35.3 Å². The van der Waals surface area contributed by atoms with Crippen LogP contribution in [0.1, 0.15) is 18.4 Å². The van der Waals surface area contributed by atoms with Gasteiger partial charge < -0.3 is 14.8 Å². The molecule has 1 saturated carbocycles. The molecule has 1 aromatic carbocycles. The summed E-state index contributed by atoms with van der Waals surface area (Å²) in [5.74, 6) is -2.19. The van der Waals surface area contributed by atoms with Crippen molar-refractivity contribution in [1.82, 2.24) is 4.90 Å². The van der Waals surface area contributed by atoms with Gasteiger partial charge in [0.1, 0.15) is 0 Å². The van der Waals surface area contributed by atoms with E-state index in [1.54, 1.807) is 0 Å². The molecule has 0 unspecified atom stereocenters. The Morgan fingerprint density at radius 3 is 2.38 bits per heavy atom. The third kappa shape index (κ3) is 2.46. The number of benzene rings is 1. The van der Waals surface area contributed by atoms with Crippen LogP contribution < -0.4 is 5.11 Å². The summed E-state index contributed by atoms with van der Waals surface area (Å²) in [6.07, 6.45) is 7.63. The molecule has 0 N–H and O–H groups in total. The molecule has 0 saturated heterocycles. The lowest BCUT2D eigenvalue weighted by Crippen LogP contribution is -2.47. The van der Waals surface area contributed by atoms with E-state index in [0.717, 1.165) is 12.8 Å². The molecule has 1 amide bonds. The lowest BCUT2D eigenvalue weighted by atomic mass is 9.82. The second-order valence-corrected chi connectivity index (χ2v) is 6.95. The molecule has 4 atom stereocenters. The molecule has 3 aliphatic rings. The first kappa shape index (κ1) is 15.2. The van der Waals surface area contributed by atoms with E-state index in [-0.39, 0.29) is 17.7 Å². The molecule has 1 aromatic rings. The zero-order chi connectivity index (χ0) is 16.7. The Labute approximate surface area is 141 Å². The van der Waals surface area contributed by atoms with Gasteiger partial charge in [-0.25, -0.2) is 0 Å². The highest BCUT2D eigenvalue weighted by Crippen LogP contribution is 2.48. The van der Waals surface area contributed by atoms with Crippen LogP contribution in [0.5, 0.6) is 0 Å². The van der Waals surface area contributed by atoms with Crippen molar-refractivity contribution in [3.63, 3.8) is 0 Å². The molecular weight excluding hydrogens is 302 g/mol. The van der Waals surface area contributed by atoms with Crippen molar-refractivity contribution in [3.8, 4) is 0 Å². The fourth-order valence-electron chi connectivity index (χ4n) is 4.47. The Morgan fingerprint density at radius 2 is 1.75 bits per heavy atom. The van der Waals surface area contributed by atoms with Gasteiger partial charge in [-0.15, -0.1) is 0 Å². The lowest BCUT2D eigenvalue weighted by molar-refractivity contribution is -0.313. The van der Waals surface area contributed by atoms with Gasteiger partial charge in [0.05, 0.1) is 5.92 Å². The van der Waals surface area contributed by atoms with Crippen molar-refractivity contribution in [3.05, 3.63) is 54.1 Å². The number of rotatable bonds is 3. The van der Waals surface area contributed by atoms with Gasteiger partial charge in [0.2, 0.25) is 5.91 Å². The van der Waals surface area contributed by atoms with Crippen LogP contribution in [0.4, 0.5) is 0 Å². The second kappa shape index (κ2) is 5.93. The summed E-state index contributed by atoms with van der Waals surface area (Å²) >= 11 is 0. The Morgan fingerprint density at radius 1 is 1.04 bits per heavy atom. The molecular formula is C20H20NO3-. The van der Waals surface area contributed by atoms with E-state index in [1.165, 1.54) is 11.1 Å². The molecule has 4 heteroatoms. The summed E-state index contributed by atoms with van der Waals surface area (Å²) in [4.78, 5) is 26.2. The molecule has 2 bridgehead atoms. The zero-order valence-corrected chi connectivity index (χ0v) is 13.4. The topological polar surface area (TPSA) is 60.4 Å². The number of amides is 1. The number of hydrogen-bond donors (Lipinski definition) is 0. The van der Waals surface area contributed by atoms with Gasteiger partial charge in [0.25, 0.3) is 0 Å². The number of fused-ring (bicyclic) bond motifs is 2. The number of carbonyl (C=O) groups is 2. The smallest absolute Gasteiger partial charge is 0.227 e. The fraction of sp³-hybridized carbons (Fsp3) is 0.400. The van der Waals surface area contributed by atoms with Gasteiger partial charge >= 0.3 is 0 Å². The average molecular weight is 322 g/mol. The average Bonchev–Trinajstić information content (AvgIpc) is 3.23. The van der Waals surface area contributed by atoms with Crippen LogP contribution in [0, 0.1) is 23.7 Å². The normalized spacial score (nSPS) is 31.2. The molecule has 0 aromatic heterocycles. The fourth-order valence-corrected chi connectivity index (χ4v) is 4.47. The molecule has 1 aliphatic heterocycles. The zero-order valence-electron chi connectivity index (χ0n) is 13.4. The quantitative estimate of drug-likeness (QED) is 0.792. The first-order valence-corrected chi connectivity index (χ1v) is 8.57. The highest BCUT2D eigenvalue weighted by atomic mass is 16.4. The molecule has 4 rings (SSSR count). The number of allylic oxidation sites excluding steroid dienone is 2. The number of hydrogen-bond acceptors (Lipinski definition) is 3. The van der Waals surface area contributed by atoms with Gasteiger partial charge in [-0.1, -0.05) is 48.6 Å². The first-order chi connectivity index (χ1) is 11.6. The van der Waals surface area contributed by atoms with Crippen molar-refractivity contribution in [2.24, 2.45) is 23.7 Å². The number of carbonyl (C=O) groups excluding carboxylic acids is 2. The van der Waals surface area contributed by atoms with Gasteiger partial charge in [-0.05, 0) is 35.8 Å². The summed E-state index contributed by atoms with van der Waals surface area (Å²) in [5, 5.41) is 11.5. The number of carboxylic acid groups (broad SMARTS) is 1. The summed E-state index contributed by atoms with van der Waals surface area (Å²) in [6, 6.07) is 10.2. The minimum absolute atomic E-state index is 0.0237. The van der Waals surface area contributed by atoms with Crippen LogP contribution in [0.15, 0.2) is 48.6 Å². The van der Waals surface area contributed by atoms with Gasteiger partial charge in [-0.2, -0.15) is 0 Å². The SMILES string of the molecule is O=C([O-])[C@@H]1[C@@H](C(=O)N2CC=C(c3ccccc3)CC2)[C@@H]2C=C[C@H]1C2. The van der Waals surface area contributed by atoms with Crippen molar-refractivity contribution < 1.29 is 14.7 Å². The van der Waals surface area contributed by atoms with Gasteiger partial charge in [-0.3, -0.25) is 4.79 Å². The summed E-state index contributed by atoms with van der Waals surface area (Å²) in [5.41, 5.74) is 2.45. The van der Waals surface area contributed by atoms with Gasteiger partial charge in [0.15, 0.2) is 0 Å². The highest BCUT2D eigenvalue weighted by Gasteiger charge is 2.49. The number of nitrogens with zero attached hydrogens (tertiary/aromatic N) is 1. The second-order valence-electron chi connectivity index (χ2n) is 6.95. The van der Waals surface area contributed by atoms with E-state index in [2.05, 4.69) is 18.2 Å². The van der Waals surface area contributed by atoms with Crippen LogP contribution >= 0.6 is 0 Å². The Kier molecular flexibility index (Phi) is 3.75. The Bertz CT molecular complexity index is 722. The van der Waals surface area contributed by atoms with Crippen LogP contribution in [-0.4, -0.2) is 29.9 Å². The van der Waals surface area contributed by atoms with Crippen molar-refractivity contribution in [2.45, 2.75) is 12.8 Å². The largest absolute Gasteiger partial charge is 0.550 e. The predicted octanol–water partition coefficient (Wildman–Crippen LogP) is 1.49. The minimum Gasteiger partial charge on any atom is -0.550 e. The lowest BCUT2D eigenvalue weighted by Gasteiger charge is -2.34. The highest BCUT2D eigenvalue weighted by molar-refractivity contribution is 5.87. The van der Waals surface area contributed by atoms with E-state index >= 15 is 0 Å². The van der Waals surface area contributed by atoms with Crippen LogP contribution in [0.3, 0.4) is 0 Å². The van der Waals surface area contributed by atoms with Gasteiger partial charge in [0, 0.05) is 25.0 Å². The maximum Gasteiger partial charge on any atom is 0.227 e. The molecule has 0 radical (unpaired) electrons. The molecule has 2 aliphatic carbocycles. The maximum absolute atomic E-state index is 12.9. The van der Waals surface area contributed by atoms with E-state index in [0.29, 0.717) is 13.1 Å². The standard InChI is InChI=1S/C20H21NO3/c22-19(17-15-6-7-16(12-15)18(17)20(23)24)21-10-8-14(9-11-21)13-4-2-1-3-5-13/h1-8,15-18H,9-12H2,(H,23,24)/p-1/t15-,16+,17+,18+/m1/s1. The molecule has 1 fully saturated rings. The molecule has 124 valence electrons. The Balaban J connectivity index is 1.50. The molecule has 0 spiro atoms. The van der Waals surface area contributed by atoms with Crippen molar-refractivity contribution in [2.75, 3.05) is 13.1 Å². The van der Waals surface area contributed by atoms with E-state index in [4.69, 9.17) is 0 Å². The summed E-state index contributed by atoms with van der Waals surface area (Å²) in [7, 11) is 0. The molecule has 1 heterocycles. The first-order valence-electron chi connectivity index (χ1n) is 8.57. The third-order valence-corrected chi connectivity index (χ3v) is 5.68. The van der Waals surface area contributed by atoms with Crippen molar-refractivity contribution in [1.29, 1.82) is 0 Å². The van der Waals surface area contributed by atoms with E-state index < -0.39 is 17.8 Å². The Hall–Kier alpha value is -2.36. The minimum atomic E-state index is -1.08. The summed E-state index contributed by atoms with van der Waals surface area (Å²) < 4.78 is 0. The summed E-state index contributed by atoms with van der Waals surface area (Å²) in [6.45, 7) is 1.21. The molecule has 4 nitrogen and oxygen atoms in total. The number of aliphatic carboxylic acids is 1. The van der Waals surface area contributed by atoms with E-state index in [9.17, 15) is 14.7 Å².